The van der Waals surface area contributed by atoms with Gasteiger partial charge in [-0.2, -0.15) is 0 Å². The van der Waals surface area contributed by atoms with E-state index in [4.69, 9.17) is 11.6 Å². The lowest BCUT2D eigenvalue weighted by molar-refractivity contribution is 0.104. The van der Waals surface area contributed by atoms with Crippen molar-refractivity contribution in [3.05, 3.63) is 70.4 Å². The number of fused-ring (bicyclic) bond motifs is 1. The number of ketones is 1. The van der Waals surface area contributed by atoms with Crippen LogP contribution >= 0.6 is 11.6 Å². The van der Waals surface area contributed by atoms with Crippen molar-refractivity contribution in [1.82, 2.24) is 4.98 Å². The monoisotopic (exact) mass is 269 g/mol. The molecule has 94 valence electrons. The first-order chi connectivity index (χ1) is 9.15. The molecule has 2 aromatic carbocycles. The maximum Gasteiger partial charge on any atom is 0.195 e. The minimum atomic E-state index is -0.0161. The van der Waals surface area contributed by atoms with Crippen LogP contribution in [-0.2, 0) is 0 Å². The van der Waals surface area contributed by atoms with E-state index in [2.05, 4.69) is 4.98 Å². The second-order valence-electron chi connectivity index (χ2n) is 4.59. The zero-order valence-corrected chi connectivity index (χ0v) is 11.2. The smallest absolute Gasteiger partial charge is 0.195 e. The molecule has 0 saturated carbocycles. The van der Waals surface area contributed by atoms with E-state index in [0.29, 0.717) is 16.1 Å². The standard InChI is InChI=1S/C16H12ClNO/c1-10-5-6-13-14(9-18-15(13)7-10)16(19)11-3-2-4-12(17)8-11/h2-9,18H,1H3. The quantitative estimate of drug-likeness (QED) is 0.689. The Hall–Kier alpha value is -2.06. The molecule has 0 amide bonds. The van der Waals surface area contributed by atoms with Gasteiger partial charge in [0.1, 0.15) is 0 Å². The number of hydrogen-bond acceptors (Lipinski definition) is 1. The Balaban J connectivity index is 2.12. The molecule has 3 heteroatoms. The lowest BCUT2D eigenvalue weighted by Crippen LogP contribution is -1.99. The molecule has 0 aliphatic rings. The SMILES string of the molecule is Cc1ccc2c(C(=O)c3cccc(Cl)c3)c[nH]c2c1. The van der Waals surface area contributed by atoms with E-state index in [9.17, 15) is 4.79 Å². The van der Waals surface area contributed by atoms with Gasteiger partial charge in [0.05, 0.1) is 0 Å². The number of carbonyl (C=O) groups excluding carboxylic acids is 1. The highest BCUT2D eigenvalue weighted by molar-refractivity contribution is 6.31. The van der Waals surface area contributed by atoms with Crippen LogP contribution in [0, 0.1) is 6.92 Å². The number of halogens is 1. The van der Waals surface area contributed by atoms with Gasteiger partial charge in [0.2, 0.25) is 0 Å². The van der Waals surface area contributed by atoms with Gasteiger partial charge in [-0.3, -0.25) is 4.79 Å². The molecule has 1 heterocycles. The van der Waals surface area contributed by atoms with Crippen LogP contribution in [0.4, 0.5) is 0 Å². The minimum absolute atomic E-state index is 0.0161. The first kappa shape index (κ1) is 12.0. The number of H-pyrrole nitrogens is 1. The third kappa shape index (κ3) is 2.15. The summed E-state index contributed by atoms with van der Waals surface area (Å²) in [7, 11) is 0. The fraction of sp³-hybridized carbons (Fsp3) is 0.0625. The van der Waals surface area contributed by atoms with Gasteiger partial charge in [-0.05, 0) is 30.7 Å². The van der Waals surface area contributed by atoms with Crippen molar-refractivity contribution in [2.75, 3.05) is 0 Å². The van der Waals surface area contributed by atoms with Gasteiger partial charge >= 0.3 is 0 Å². The van der Waals surface area contributed by atoms with Crippen LogP contribution in [0.5, 0.6) is 0 Å². The van der Waals surface area contributed by atoms with Crippen molar-refractivity contribution < 1.29 is 4.79 Å². The topological polar surface area (TPSA) is 32.9 Å². The average molecular weight is 270 g/mol. The lowest BCUT2D eigenvalue weighted by atomic mass is 10.0. The van der Waals surface area contributed by atoms with Crippen molar-refractivity contribution in [2.45, 2.75) is 6.92 Å². The number of aryl methyl sites for hydroxylation is 1. The fourth-order valence-electron chi connectivity index (χ4n) is 2.21. The summed E-state index contributed by atoms with van der Waals surface area (Å²) in [6, 6.07) is 13.0. The van der Waals surface area contributed by atoms with Crippen LogP contribution in [-0.4, -0.2) is 10.8 Å². The van der Waals surface area contributed by atoms with Gasteiger partial charge in [0, 0.05) is 33.2 Å². The Morgan fingerprint density at radius 3 is 2.79 bits per heavy atom. The highest BCUT2D eigenvalue weighted by Crippen LogP contribution is 2.23. The van der Waals surface area contributed by atoms with E-state index < -0.39 is 0 Å². The molecule has 3 rings (SSSR count). The van der Waals surface area contributed by atoms with Crippen LogP contribution < -0.4 is 0 Å². The third-order valence-electron chi connectivity index (χ3n) is 3.17. The zero-order chi connectivity index (χ0) is 13.4. The Labute approximate surface area is 116 Å². The van der Waals surface area contributed by atoms with Gasteiger partial charge in [-0.15, -0.1) is 0 Å². The molecule has 3 aromatic rings. The largest absolute Gasteiger partial charge is 0.360 e. The summed E-state index contributed by atoms with van der Waals surface area (Å²) in [5.74, 6) is -0.0161. The second-order valence-corrected chi connectivity index (χ2v) is 5.03. The first-order valence-corrected chi connectivity index (χ1v) is 6.41. The van der Waals surface area contributed by atoms with Crippen molar-refractivity contribution >= 4 is 28.3 Å². The number of nitrogens with one attached hydrogen (secondary N) is 1. The van der Waals surface area contributed by atoms with Gasteiger partial charge in [0.15, 0.2) is 5.78 Å². The van der Waals surface area contributed by atoms with Crippen LogP contribution in [0.25, 0.3) is 10.9 Å². The maximum atomic E-state index is 12.5. The van der Waals surface area contributed by atoms with E-state index in [1.54, 1.807) is 30.5 Å². The number of hydrogen-bond donors (Lipinski definition) is 1. The van der Waals surface area contributed by atoms with Gasteiger partial charge in [0.25, 0.3) is 0 Å². The number of carbonyl (C=O) groups is 1. The molecule has 0 aliphatic heterocycles. The van der Waals surface area contributed by atoms with E-state index in [-0.39, 0.29) is 5.78 Å². The molecule has 1 N–H and O–H groups in total. The van der Waals surface area contributed by atoms with E-state index in [0.717, 1.165) is 16.5 Å². The van der Waals surface area contributed by atoms with Crippen LogP contribution in [0.15, 0.2) is 48.7 Å². The summed E-state index contributed by atoms with van der Waals surface area (Å²) in [5, 5.41) is 1.51. The Kier molecular flexibility index (Phi) is 2.88. The molecule has 0 saturated heterocycles. The van der Waals surface area contributed by atoms with E-state index in [1.165, 1.54) is 0 Å². The molecule has 0 spiro atoms. The summed E-state index contributed by atoms with van der Waals surface area (Å²) >= 11 is 5.93. The lowest BCUT2D eigenvalue weighted by Gasteiger charge is -2.01. The van der Waals surface area contributed by atoms with Crippen LogP contribution in [0.3, 0.4) is 0 Å². The maximum absolute atomic E-state index is 12.5. The molecule has 0 fully saturated rings. The molecule has 0 atom stereocenters. The summed E-state index contributed by atoms with van der Waals surface area (Å²) in [6.07, 6.45) is 1.76. The fourth-order valence-corrected chi connectivity index (χ4v) is 2.40. The minimum Gasteiger partial charge on any atom is -0.360 e. The van der Waals surface area contributed by atoms with Crippen LogP contribution in [0.1, 0.15) is 21.5 Å². The summed E-state index contributed by atoms with van der Waals surface area (Å²) in [6.45, 7) is 2.03. The zero-order valence-electron chi connectivity index (χ0n) is 10.4. The molecule has 19 heavy (non-hydrogen) atoms. The molecule has 0 aliphatic carbocycles. The average Bonchev–Trinajstić information content (AvgIpc) is 2.80. The van der Waals surface area contributed by atoms with Crippen molar-refractivity contribution in [3.63, 3.8) is 0 Å². The molecule has 1 aromatic heterocycles. The van der Waals surface area contributed by atoms with Gasteiger partial charge in [-0.1, -0.05) is 35.9 Å². The van der Waals surface area contributed by atoms with Crippen LogP contribution in [0.2, 0.25) is 5.02 Å². The predicted molar refractivity (Wildman–Crippen MR) is 77.9 cm³/mol. The van der Waals surface area contributed by atoms with E-state index in [1.807, 2.05) is 25.1 Å². The summed E-state index contributed by atoms with van der Waals surface area (Å²) in [5.41, 5.74) is 3.42. The van der Waals surface area contributed by atoms with Gasteiger partial charge < -0.3 is 4.98 Å². The highest BCUT2D eigenvalue weighted by atomic mass is 35.5. The van der Waals surface area contributed by atoms with E-state index >= 15 is 0 Å². The van der Waals surface area contributed by atoms with Crippen molar-refractivity contribution in [2.24, 2.45) is 0 Å². The number of aromatic nitrogens is 1. The first-order valence-electron chi connectivity index (χ1n) is 6.03. The number of aromatic amines is 1. The van der Waals surface area contributed by atoms with Crippen molar-refractivity contribution in [3.8, 4) is 0 Å². The molecule has 0 bridgehead atoms. The summed E-state index contributed by atoms with van der Waals surface area (Å²) in [4.78, 5) is 15.6. The van der Waals surface area contributed by atoms with Crippen molar-refractivity contribution in [1.29, 1.82) is 0 Å². The molecular formula is C16H12ClNO. The molecular weight excluding hydrogens is 258 g/mol. The predicted octanol–water partition coefficient (Wildman–Crippen LogP) is 4.36. The Morgan fingerprint density at radius 2 is 2.00 bits per heavy atom. The van der Waals surface area contributed by atoms with Gasteiger partial charge in [-0.25, -0.2) is 0 Å². The Bertz CT molecular complexity index is 773. The second kappa shape index (κ2) is 4.56. The number of benzene rings is 2. The Morgan fingerprint density at radius 1 is 1.16 bits per heavy atom. The third-order valence-corrected chi connectivity index (χ3v) is 3.40. The molecule has 0 radical (unpaired) electrons. The highest BCUT2D eigenvalue weighted by Gasteiger charge is 2.14. The summed E-state index contributed by atoms with van der Waals surface area (Å²) < 4.78 is 0. The normalized spacial score (nSPS) is 10.8. The number of rotatable bonds is 2. The molecule has 2 nitrogen and oxygen atoms in total. The molecule has 0 unspecified atom stereocenters.